The summed E-state index contributed by atoms with van der Waals surface area (Å²) in [5, 5.41) is 4.65. The molecule has 23 heavy (non-hydrogen) atoms. The number of hydrogen-bond donors (Lipinski definition) is 2. The molecular weight excluding hydrogens is 388 g/mol. The Balaban J connectivity index is 1.90. The van der Waals surface area contributed by atoms with E-state index in [4.69, 9.17) is 4.42 Å². The van der Waals surface area contributed by atoms with Crippen molar-refractivity contribution in [2.24, 2.45) is 0 Å². The summed E-state index contributed by atoms with van der Waals surface area (Å²) in [6.07, 6.45) is 0.971. The molecule has 0 aliphatic rings. The number of anilines is 1. The number of carbonyl (C=O) groups excluding carboxylic acids is 2. The lowest BCUT2D eigenvalue weighted by molar-refractivity contribution is -0.115. The SMILES string of the molecule is CS(=O)(=O)c1ccc(C(=O)NCC(=O)Nc2ccc(Br)cc2)o1. The van der Waals surface area contributed by atoms with Crippen molar-refractivity contribution in [3.8, 4) is 0 Å². The number of furan rings is 1. The Labute approximate surface area is 141 Å². The summed E-state index contributed by atoms with van der Waals surface area (Å²) in [6.45, 7) is -0.274. The number of carbonyl (C=O) groups is 2. The third kappa shape index (κ3) is 4.93. The molecule has 122 valence electrons. The summed E-state index contributed by atoms with van der Waals surface area (Å²) in [5.41, 5.74) is 0.588. The van der Waals surface area contributed by atoms with Crippen LogP contribution in [0.25, 0.3) is 0 Å². The van der Waals surface area contributed by atoms with Crippen LogP contribution in [0.15, 0.2) is 50.4 Å². The minimum absolute atomic E-state index is 0.179. The minimum atomic E-state index is -3.52. The lowest BCUT2D eigenvalue weighted by atomic mass is 10.3. The van der Waals surface area contributed by atoms with Gasteiger partial charge in [0.05, 0.1) is 6.54 Å². The predicted octanol–water partition coefficient (Wildman–Crippen LogP) is 1.81. The van der Waals surface area contributed by atoms with E-state index in [0.717, 1.165) is 10.7 Å². The summed E-state index contributed by atoms with van der Waals surface area (Å²) in [7, 11) is -3.52. The largest absolute Gasteiger partial charge is 0.440 e. The van der Waals surface area contributed by atoms with Crippen LogP contribution in [0.1, 0.15) is 10.6 Å². The number of benzene rings is 1. The quantitative estimate of drug-likeness (QED) is 0.795. The summed E-state index contributed by atoms with van der Waals surface area (Å²) in [6, 6.07) is 9.36. The van der Waals surface area contributed by atoms with E-state index >= 15 is 0 Å². The first-order valence-electron chi connectivity index (χ1n) is 6.39. The Morgan fingerprint density at radius 2 is 1.78 bits per heavy atom. The van der Waals surface area contributed by atoms with E-state index in [0.29, 0.717) is 5.69 Å². The first kappa shape index (κ1) is 17.2. The van der Waals surface area contributed by atoms with Crippen LogP contribution in [0.2, 0.25) is 0 Å². The molecular formula is C14H13BrN2O5S. The highest BCUT2D eigenvalue weighted by atomic mass is 79.9. The van der Waals surface area contributed by atoms with Crippen molar-refractivity contribution in [1.29, 1.82) is 0 Å². The monoisotopic (exact) mass is 400 g/mol. The molecule has 9 heteroatoms. The second-order valence-electron chi connectivity index (χ2n) is 4.63. The van der Waals surface area contributed by atoms with Gasteiger partial charge in [-0.3, -0.25) is 9.59 Å². The third-order valence-corrected chi connectivity index (χ3v) is 4.19. The summed E-state index contributed by atoms with van der Waals surface area (Å²) < 4.78 is 28.4. The van der Waals surface area contributed by atoms with Crippen LogP contribution in [0.3, 0.4) is 0 Å². The van der Waals surface area contributed by atoms with Crippen LogP contribution in [-0.4, -0.2) is 33.0 Å². The average molecular weight is 401 g/mol. The van der Waals surface area contributed by atoms with Gasteiger partial charge in [-0.1, -0.05) is 15.9 Å². The number of hydrogen-bond acceptors (Lipinski definition) is 5. The van der Waals surface area contributed by atoms with E-state index < -0.39 is 21.7 Å². The molecule has 1 heterocycles. The first-order valence-corrected chi connectivity index (χ1v) is 9.07. The van der Waals surface area contributed by atoms with Gasteiger partial charge in [-0.15, -0.1) is 0 Å². The summed E-state index contributed by atoms with van der Waals surface area (Å²) in [5.74, 6) is -1.27. The Kier molecular flexibility index (Phi) is 5.22. The molecule has 2 aromatic rings. The van der Waals surface area contributed by atoms with Crippen LogP contribution in [-0.2, 0) is 14.6 Å². The van der Waals surface area contributed by atoms with Crippen molar-refractivity contribution < 1.29 is 22.4 Å². The van der Waals surface area contributed by atoms with Gasteiger partial charge >= 0.3 is 0 Å². The van der Waals surface area contributed by atoms with Gasteiger partial charge in [-0.25, -0.2) is 8.42 Å². The van der Waals surface area contributed by atoms with Crippen molar-refractivity contribution in [2.45, 2.75) is 5.09 Å². The van der Waals surface area contributed by atoms with Gasteiger partial charge < -0.3 is 15.1 Å². The zero-order chi connectivity index (χ0) is 17.0. The van der Waals surface area contributed by atoms with E-state index in [1.54, 1.807) is 24.3 Å². The number of sulfone groups is 1. The van der Waals surface area contributed by atoms with E-state index in [-0.39, 0.29) is 17.4 Å². The Hall–Kier alpha value is -2.13. The summed E-state index contributed by atoms with van der Waals surface area (Å²) >= 11 is 3.28. The van der Waals surface area contributed by atoms with Crippen molar-refractivity contribution in [1.82, 2.24) is 5.32 Å². The number of amides is 2. The van der Waals surface area contributed by atoms with Crippen molar-refractivity contribution in [3.05, 3.63) is 46.6 Å². The fourth-order valence-electron chi connectivity index (χ4n) is 1.63. The lowest BCUT2D eigenvalue weighted by Gasteiger charge is -2.06. The number of nitrogens with one attached hydrogen (secondary N) is 2. The molecule has 0 bridgehead atoms. The smallest absolute Gasteiger partial charge is 0.287 e. The molecule has 2 amide bonds. The molecule has 0 saturated heterocycles. The molecule has 0 aliphatic heterocycles. The lowest BCUT2D eigenvalue weighted by Crippen LogP contribution is -2.32. The van der Waals surface area contributed by atoms with E-state index in [1.807, 2.05) is 0 Å². The maximum Gasteiger partial charge on any atom is 0.287 e. The second-order valence-corrected chi connectivity index (χ2v) is 7.49. The van der Waals surface area contributed by atoms with Gasteiger partial charge in [0.25, 0.3) is 5.91 Å². The van der Waals surface area contributed by atoms with Gasteiger partial charge in [-0.2, -0.15) is 0 Å². The summed E-state index contributed by atoms with van der Waals surface area (Å²) in [4.78, 5) is 23.5. The molecule has 0 spiro atoms. The van der Waals surface area contributed by atoms with Crippen LogP contribution in [0.5, 0.6) is 0 Å². The van der Waals surface area contributed by atoms with Crippen molar-refractivity contribution >= 4 is 43.3 Å². The fraction of sp³-hybridized carbons (Fsp3) is 0.143. The van der Waals surface area contributed by atoms with Crippen LogP contribution < -0.4 is 10.6 Å². The molecule has 0 saturated carbocycles. The van der Waals surface area contributed by atoms with Gasteiger partial charge in [0.2, 0.25) is 20.8 Å². The maximum atomic E-state index is 11.8. The molecule has 0 unspecified atom stereocenters. The molecule has 0 aliphatic carbocycles. The maximum absolute atomic E-state index is 11.8. The topological polar surface area (TPSA) is 105 Å². The second kappa shape index (κ2) is 6.97. The molecule has 0 atom stereocenters. The van der Waals surface area contributed by atoms with Gasteiger partial charge in [0, 0.05) is 16.4 Å². The van der Waals surface area contributed by atoms with Crippen LogP contribution >= 0.6 is 15.9 Å². The van der Waals surface area contributed by atoms with E-state index in [2.05, 4.69) is 26.6 Å². The molecule has 1 aromatic heterocycles. The van der Waals surface area contributed by atoms with Crippen LogP contribution in [0, 0.1) is 0 Å². The molecule has 0 radical (unpaired) electrons. The minimum Gasteiger partial charge on any atom is -0.440 e. The third-order valence-electron chi connectivity index (χ3n) is 2.71. The highest BCUT2D eigenvalue weighted by molar-refractivity contribution is 9.10. The normalized spacial score (nSPS) is 11.0. The molecule has 2 N–H and O–H groups in total. The molecule has 2 rings (SSSR count). The highest BCUT2D eigenvalue weighted by Gasteiger charge is 2.17. The number of rotatable bonds is 5. The average Bonchev–Trinajstić information content (AvgIpc) is 2.97. The Bertz CT molecular complexity index is 827. The fourth-order valence-corrected chi connectivity index (χ4v) is 2.45. The van der Waals surface area contributed by atoms with E-state index in [9.17, 15) is 18.0 Å². The number of halogens is 1. The van der Waals surface area contributed by atoms with Gasteiger partial charge in [0.15, 0.2) is 5.76 Å². The highest BCUT2D eigenvalue weighted by Crippen LogP contribution is 2.14. The molecule has 7 nitrogen and oxygen atoms in total. The Morgan fingerprint density at radius 1 is 1.13 bits per heavy atom. The predicted molar refractivity (Wildman–Crippen MR) is 86.9 cm³/mol. The zero-order valence-corrected chi connectivity index (χ0v) is 14.4. The van der Waals surface area contributed by atoms with Crippen molar-refractivity contribution in [2.75, 3.05) is 18.1 Å². The van der Waals surface area contributed by atoms with Crippen LogP contribution in [0.4, 0.5) is 5.69 Å². The van der Waals surface area contributed by atoms with Gasteiger partial charge in [-0.05, 0) is 36.4 Å². The molecule has 0 fully saturated rings. The van der Waals surface area contributed by atoms with Crippen molar-refractivity contribution in [3.63, 3.8) is 0 Å². The zero-order valence-electron chi connectivity index (χ0n) is 12.0. The molecule has 1 aromatic carbocycles. The Morgan fingerprint density at radius 3 is 2.35 bits per heavy atom. The first-order chi connectivity index (χ1) is 10.8. The van der Waals surface area contributed by atoms with Gasteiger partial charge in [0.1, 0.15) is 0 Å². The standard InChI is InChI=1S/C14H13BrN2O5S/c1-23(20,21)13-7-6-11(22-13)14(19)16-8-12(18)17-10-4-2-9(15)3-5-10/h2-7H,8H2,1H3,(H,16,19)(H,17,18). The van der Waals surface area contributed by atoms with E-state index in [1.165, 1.54) is 12.1 Å².